The Kier molecular flexibility index (Phi) is 5.01. The standard InChI is InChI=1S/C9H9BrClFO3S/c10-7-2-3-9(8(12)6-7)15-4-1-5-16(11,13)14/h2-3,6H,1,4-5H2. The lowest BCUT2D eigenvalue weighted by molar-refractivity contribution is 0.301. The van der Waals surface area contributed by atoms with Gasteiger partial charge in [0.25, 0.3) is 0 Å². The number of halogens is 3. The van der Waals surface area contributed by atoms with Gasteiger partial charge in [-0.2, -0.15) is 0 Å². The van der Waals surface area contributed by atoms with Gasteiger partial charge < -0.3 is 4.74 Å². The Hall–Kier alpha value is -0.330. The topological polar surface area (TPSA) is 43.4 Å². The SMILES string of the molecule is O=S(=O)(Cl)CCCOc1ccc(Br)cc1F. The molecule has 90 valence electrons. The van der Waals surface area contributed by atoms with Crippen LogP contribution in [0.2, 0.25) is 0 Å². The third-order valence-corrected chi connectivity index (χ3v) is 3.42. The molecular weight excluding hydrogens is 323 g/mol. The molecule has 0 aromatic heterocycles. The summed E-state index contributed by atoms with van der Waals surface area (Å²) in [6.07, 6.45) is 0.224. The van der Waals surface area contributed by atoms with Gasteiger partial charge >= 0.3 is 0 Å². The Labute approximate surface area is 106 Å². The van der Waals surface area contributed by atoms with Gasteiger partial charge in [-0.25, -0.2) is 12.8 Å². The van der Waals surface area contributed by atoms with Gasteiger partial charge in [0.1, 0.15) is 0 Å². The van der Waals surface area contributed by atoms with E-state index in [1.165, 1.54) is 12.1 Å². The first-order chi connectivity index (χ1) is 7.38. The lowest BCUT2D eigenvalue weighted by Gasteiger charge is -2.06. The Bertz CT molecular complexity index is 464. The van der Waals surface area contributed by atoms with E-state index < -0.39 is 14.9 Å². The van der Waals surface area contributed by atoms with E-state index in [0.717, 1.165) is 0 Å². The van der Waals surface area contributed by atoms with E-state index in [9.17, 15) is 12.8 Å². The Balaban J connectivity index is 2.43. The largest absolute Gasteiger partial charge is 0.490 e. The van der Waals surface area contributed by atoms with Crippen molar-refractivity contribution < 1.29 is 17.5 Å². The first-order valence-electron chi connectivity index (χ1n) is 4.39. The predicted octanol–water partition coefficient (Wildman–Crippen LogP) is 2.93. The molecule has 0 saturated heterocycles. The minimum atomic E-state index is -3.50. The molecule has 0 fully saturated rings. The summed E-state index contributed by atoms with van der Waals surface area (Å²) in [5.41, 5.74) is 0. The molecule has 1 rings (SSSR count). The molecule has 0 aliphatic heterocycles. The minimum Gasteiger partial charge on any atom is -0.490 e. The van der Waals surface area contributed by atoms with Crippen molar-refractivity contribution in [2.45, 2.75) is 6.42 Å². The maximum atomic E-state index is 13.2. The third-order valence-electron chi connectivity index (χ3n) is 1.68. The normalized spacial score (nSPS) is 11.4. The van der Waals surface area contributed by atoms with E-state index in [-0.39, 0.29) is 24.5 Å². The van der Waals surface area contributed by atoms with Gasteiger partial charge in [0.05, 0.1) is 12.4 Å². The summed E-state index contributed by atoms with van der Waals surface area (Å²) >= 11 is 3.11. The van der Waals surface area contributed by atoms with Crippen LogP contribution in [0.1, 0.15) is 6.42 Å². The maximum Gasteiger partial charge on any atom is 0.232 e. The summed E-state index contributed by atoms with van der Waals surface area (Å²) in [6.45, 7) is 0.102. The van der Waals surface area contributed by atoms with Crippen LogP contribution in [0.3, 0.4) is 0 Å². The summed E-state index contributed by atoms with van der Waals surface area (Å²) in [6, 6.07) is 4.37. The first kappa shape index (κ1) is 13.7. The maximum absolute atomic E-state index is 13.2. The number of hydrogen-bond donors (Lipinski definition) is 0. The second-order valence-electron chi connectivity index (χ2n) is 3.02. The third kappa shape index (κ3) is 5.14. The smallest absolute Gasteiger partial charge is 0.232 e. The van der Waals surface area contributed by atoms with E-state index in [0.29, 0.717) is 4.47 Å². The molecule has 0 aliphatic rings. The molecule has 7 heteroatoms. The molecular formula is C9H9BrClFO3S. The fourth-order valence-corrected chi connectivity index (χ4v) is 2.13. The molecule has 1 aromatic rings. The van der Waals surface area contributed by atoms with E-state index >= 15 is 0 Å². The first-order valence-corrected chi connectivity index (χ1v) is 7.66. The van der Waals surface area contributed by atoms with Crippen molar-refractivity contribution in [3.05, 3.63) is 28.5 Å². The van der Waals surface area contributed by atoms with Crippen LogP contribution < -0.4 is 4.74 Å². The molecule has 0 saturated carbocycles. The van der Waals surface area contributed by atoms with Crippen molar-refractivity contribution in [1.29, 1.82) is 0 Å². The van der Waals surface area contributed by atoms with Gasteiger partial charge in [0.15, 0.2) is 11.6 Å². The van der Waals surface area contributed by atoms with Crippen molar-refractivity contribution in [2.75, 3.05) is 12.4 Å². The van der Waals surface area contributed by atoms with Gasteiger partial charge in [-0.1, -0.05) is 15.9 Å². The van der Waals surface area contributed by atoms with Gasteiger partial charge in [0, 0.05) is 15.2 Å². The highest BCUT2D eigenvalue weighted by Crippen LogP contribution is 2.21. The fourth-order valence-electron chi connectivity index (χ4n) is 1.01. The summed E-state index contributed by atoms with van der Waals surface area (Å²) in [4.78, 5) is 0. The van der Waals surface area contributed by atoms with Gasteiger partial charge in [0.2, 0.25) is 9.05 Å². The van der Waals surface area contributed by atoms with Crippen molar-refractivity contribution in [3.63, 3.8) is 0 Å². The molecule has 16 heavy (non-hydrogen) atoms. The molecule has 0 N–H and O–H groups in total. The second kappa shape index (κ2) is 5.84. The lowest BCUT2D eigenvalue weighted by Crippen LogP contribution is -2.05. The van der Waals surface area contributed by atoms with Gasteiger partial charge in [-0.15, -0.1) is 0 Å². The van der Waals surface area contributed by atoms with Gasteiger partial charge in [-0.05, 0) is 24.6 Å². The van der Waals surface area contributed by atoms with Crippen LogP contribution in [0.25, 0.3) is 0 Å². The summed E-state index contributed by atoms with van der Waals surface area (Å²) < 4.78 is 40.1. The van der Waals surface area contributed by atoms with Crippen LogP contribution in [0.4, 0.5) is 4.39 Å². The number of rotatable bonds is 5. The molecule has 0 amide bonds. The average Bonchev–Trinajstić information content (AvgIpc) is 2.13. The van der Waals surface area contributed by atoms with Crippen molar-refractivity contribution in [2.24, 2.45) is 0 Å². The van der Waals surface area contributed by atoms with E-state index in [1.807, 2.05) is 0 Å². The Morgan fingerprint density at radius 1 is 1.44 bits per heavy atom. The number of ether oxygens (including phenoxy) is 1. The van der Waals surface area contributed by atoms with Crippen LogP contribution in [0.15, 0.2) is 22.7 Å². The molecule has 0 radical (unpaired) electrons. The molecule has 0 heterocycles. The van der Waals surface area contributed by atoms with Crippen LogP contribution in [0.5, 0.6) is 5.75 Å². The Morgan fingerprint density at radius 2 is 2.12 bits per heavy atom. The van der Waals surface area contributed by atoms with Crippen molar-refractivity contribution in [1.82, 2.24) is 0 Å². The summed E-state index contributed by atoms with van der Waals surface area (Å²) in [5.74, 6) is -0.592. The Morgan fingerprint density at radius 3 is 2.69 bits per heavy atom. The minimum absolute atomic E-state index is 0.0928. The molecule has 0 atom stereocenters. The highest BCUT2D eigenvalue weighted by molar-refractivity contribution is 9.10. The predicted molar refractivity (Wildman–Crippen MR) is 63.9 cm³/mol. The molecule has 0 spiro atoms. The number of hydrogen-bond acceptors (Lipinski definition) is 3. The molecule has 0 aliphatic carbocycles. The van der Waals surface area contributed by atoms with Crippen LogP contribution in [-0.2, 0) is 9.05 Å². The summed E-state index contributed by atoms with van der Waals surface area (Å²) in [7, 11) is 1.50. The molecule has 0 bridgehead atoms. The van der Waals surface area contributed by atoms with E-state index in [4.69, 9.17) is 15.4 Å². The molecule has 0 unspecified atom stereocenters. The van der Waals surface area contributed by atoms with Crippen LogP contribution >= 0.6 is 26.6 Å². The zero-order chi connectivity index (χ0) is 12.2. The second-order valence-corrected chi connectivity index (χ2v) is 6.83. The lowest BCUT2D eigenvalue weighted by atomic mass is 10.3. The zero-order valence-corrected chi connectivity index (χ0v) is 11.3. The van der Waals surface area contributed by atoms with Crippen molar-refractivity contribution >= 4 is 35.7 Å². The summed E-state index contributed by atoms with van der Waals surface area (Å²) in [5, 5.41) is 0. The highest BCUT2D eigenvalue weighted by Gasteiger charge is 2.06. The van der Waals surface area contributed by atoms with Crippen LogP contribution in [0, 0.1) is 5.82 Å². The molecule has 1 aromatic carbocycles. The fraction of sp³-hybridized carbons (Fsp3) is 0.333. The average molecular weight is 332 g/mol. The van der Waals surface area contributed by atoms with Crippen LogP contribution in [-0.4, -0.2) is 20.8 Å². The highest BCUT2D eigenvalue weighted by atomic mass is 79.9. The zero-order valence-electron chi connectivity index (χ0n) is 8.12. The monoisotopic (exact) mass is 330 g/mol. The van der Waals surface area contributed by atoms with E-state index in [1.54, 1.807) is 6.07 Å². The van der Waals surface area contributed by atoms with Crippen molar-refractivity contribution in [3.8, 4) is 5.75 Å². The van der Waals surface area contributed by atoms with E-state index in [2.05, 4.69) is 15.9 Å². The molecule has 3 nitrogen and oxygen atoms in total. The number of benzene rings is 1. The van der Waals surface area contributed by atoms with Gasteiger partial charge in [-0.3, -0.25) is 0 Å². The quantitative estimate of drug-likeness (QED) is 0.615.